The van der Waals surface area contributed by atoms with Gasteiger partial charge in [0.1, 0.15) is 21.9 Å². The molecule has 0 radical (unpaired) electrons. The molecule has 142 valence electrons. The van der Waals surface area contributed by atoms with Gasteiger partial charge in [0.2, 0.25) is 0 Å². The Bertz CT molecular complexity index is 991. The molecule has 0 bridgehead atoms. The van der Waals surface area contributed by atoms with Gasteiger partial charge in [-0.05, 0) is 25.3 Å². The molecule has 0 saturated carbocycles. The van der Waals surface area contributed by atoms with Gasteiger partial charge < -0.3 is 10.5 Å². The lowest BCUT2D eigenvalue weighted by Crippen LogP contribution is -2.21. The number of nitrogen functional groups attached to an aromatic ring is 1. The molecule has 1 atom stereocenters. The zero-order valence-corrected chi connectivity index (χ0v) is 16.9. The second kappa shape index (κ2) is 8.74. The summed E-state index contributed by atoms with van der Waals surface area (Å²) in [7, 11) is 0. The molecule has 0 spiro atoms. The fourth-order valence-electron chi connectivity index (χ4n) is 3.12. The van der Waals surface area contributed by atoms with E-state index in [1.165, 1.54) is 17.8 Å². The van der Waals surface area contributed by atoms with Crippen LogP contribution in [-0.2, 0) is 4.74 Å². The van der Waals surface area contributed by atoms with Gasteiger partial charge in [-0.2, -0.15) is 5.26 Å². The van der Waals surface area contributed by atoms with Crippen molar-refractivity contribution in [3.63, 3.8) is 0 Å². The van der Waals surface area contributed by atoms with Crippen molar-refractivity contribution >= 4 is 28.9 Å². The molecule has 1 aromatic carbocycles. The Hall–Kier alpha value is -2.40. The van der Waals surface area contributed by atoms with Gasteiger partial charge >= 0.3 is 0 Å². The number of nitriles is 1. The molecule has 2 N–H and O–H groups in total. The summed E-state index contributed by atoms with van der Waals surface area (Å²) in [5.41, 5.74) is 9.42. The lowest BCUT2D eigenvalue weighted by molar-refractivity contribution is 0.0315. The first-order valence-corrected chi connectivity index (χ1v) is 11.1. The van der Waals surface area contributed by atoms with E-state index in [-0.39, 0.29) is 6.10 Å². The van der Waals surface area contributed by atoms with Crippen LogP contribution in [0.2, 0.25) is 0 Å². The maximum Gasteiger partial charge on any atom is 0.135 e. The third kappa shape index (κ3) is 4.20. The molecule has 28 heavy (non-hydrogen) atoms. The van der Waals surface area contributed by atoms with Crippen LogP contribution in [0.5, 0.6) is 0 Å². The first-order chi connectivity index (χ1) is 13.7. The van der Waals surface area contributed by atoms with Gasteiger partial charge in [0, 0.05) is 23.3 Å². The molecule has 5 nitrogen and oxygen atoms in total. The first-order valence-electron chi connectivity index (χ1n) is 9.21. The second-order valence-electron chi connectivity index (χ2n) is 6.59. The molecule has 2 aromatic heterocycles. The molecule has 3 aromatic rings. The van der Waals surface area contributed by atoms with Gasteiger partial charge in [0.25, 0.3) is 0 Å². The highest BCUT2D eigenvalue weighted by Crippen LogP contribution is 2.35. The summed E-state index contributed by atoms with van der Waals surface area (Å²) in [6, 6.07) is 14.1. The quantitative estimate of drug-likeness (QED) is 0.599. The third-order valence-corrected chi connectivity index (χ3v) is 6.62. The van der Waals surface area contributed by atoms with Crippen molar-refractivity contribution in [3.8, 4) is 27.9 Å². The Kier molecular flexibility index (Phi) is 5.91. The molecule has 1 unspecified atom stereocenters. The zero-order chi connectivity index (χ0) is 19.3. The number of pyridine rings is 1. The average molecular weight is 409 g/mol. The zero-order valence-electron chi connectivity index (χ0n) is 15.3. The maximum absolute atomic E-state index is 9.61. The van der Waals surface area contributed by atoms with Crippen LogP contribution < -0.4 is 5.73 Å². The van der Waals surface area contributed by atoms with Crippen LogP contribution in [0.25, 0.3) is 21.8 Å². The smallest absolute Gasteiger partial charge is 0.135 e. The predicted molar refractivity (Wildman–Crippen MR) is 114 cm³/mol. The molecule has 1 aliphatic rings. The van der Waals surface area contributed by atoms with Crippen molar-refractivity contribution in [3.05, 3.63) is 47.3 Å². The van der Waals surface area contributed by atoms with E-state index in [0.29, 0.717) is 22.0 Å². The number of nitrogens with two attached hydrogens (primary N) is 1. The molecule has 1 saturated heterocycles. The molecular formula is C21H20N4OS2. The Balaban J connectivity index is 1.57. The summed E-state index contributed by atoms with van der Waals surface area (Å²) >= 11 is 3.05. The monoisotopic (exact) mass is 408 g/mol. The van der Waals surface area contributed by atoms with E-state index in [4.69, 9.17) is 15.5 Å². The minimum atomic E-state index is 0.223. The molecule has 0 aliphatic carbocycles. The summed E-state index contributed by atoms with van der Waals surface area (Å²) in [4.78, 5) is 9.21. The van der Waals surface area contributed by atoms with Gasteiger partial charge in [-0.15, -0.1) is 23.1 Å². The van der Waals surface area contributed by atoms with Crippen LogP contribution in [-0.4, -0.2) is 28.4 Å². The highest BCUT2D eigenvalue weighted by Gasteiger charge is 2.18. The van der Waals surface area contributed by atoms with Crippen molar-refractivity contribution in [1.29, 1.82) is 5.26 Å². The lowest BCUT2D eigenvalue weighted by Gasteiger charge is -2.22. The number of aromatic nitrogens is 2. The predicted octanol–water partition coefficient (Wildman–Crippen LogP) is 4.99. The van der Waals surface area contributed by atoms with Gasteiger partial charge in [-0.25, -0.2) is 9.97 Å². The number of thiazole rings is 1. The van der Waals surface area contributed by atoms with Gasteiger partial charge in [-0.1, -0.05) is 30.3 Å². The third-order valence-electron chi connectivity index (χ3n) is 4.62. The van der Waals surface area contributed by atoms with Gasteiger partial charge in [-0.3, -0.25) is 0 Å². The minimum Gasteiger partial charge on any atom is -0.383 e. The summed E-state index contributed by atoms with van der Waals surface area (Å²) in [5.74, 6) is 1.19. The average Bonchev–Trinajstić information content (AvgIpc) is 3.23. The Morgan fingerprint density at radius 1 is 1.25 bits per heavy atom. The van der Waals surface area contributed by atoms with Crippen molar-refractivity contribution < 1.29 is 4.74 Å². The van der Waals surface area contributed by atoms with Crippen molar-refractivity contribution in [2.45, 2.75) is 30.4 Å². The minimum absolute atomic E-state index is 0.223. The van der Waals surface area contributed by atoms with E-state index in [9.17, 15) is 5.26 Å². The van der Waals surface area contributed by atoms with Crippen molar-refractivity contribution in [1.82, 2.24) is 9.97 Å². The van der Waals surface area contributed by atoms with Gasteiger partial charge in [0.05, 0.1) is 22.9 Å². The fraction of sp³-hybridized carbons (Fsp3) is 0.286. The van der Waals surface area contributed by atoms with E-state index in [0.717, 1.165) is 41.5 Å². The summed E-state index contributed by atoms with van der Waals surface area (Å²) in [6.45, 7) is 0.818. The van der Waals surface area contributed by atoms with Crippen LogP contribution in [0.3, 0.4) is 0 Å². The van der Waals surface area contributed by atoms with Crippen molar-refractivity contribution in [2.75, 3.05) is 18.1 Å². The topological polar surface area (TPSA) is 84.8 Å². The van der Waals surface area contributed by atoms with E-state index in [1.807, 2.05) is 35.7 Å². The second-order valence-corrected chi connectivity index (χ2v) is 8.46. The number of benzene rings is 1. The maximum atomic E-state index is 9.61. The van der Waals surface area contributed by atoms with E-state index >= 15 is 0 Å². The van der Waals surface area contributed by atoms with Gasteiger partial charge in [0.15, 0.2) is 0 Å². The molecule has 0 amide bonds. The van der Waals surface area contributed by atoms with E-state index in [2.05, 4.69) is 11.1 Å². The number of anilines is 1. The summed E-state index contributed by atoms with van der Waals surface area (Å²) in [6.07, 6.45) is 3.60. The number of thioether (sulfide) groups is 1. The van der Waals surface area contributed by atoms with Crippen LogP contribution in [0.15, 0.2) is 46.8 Å². The SMILES string of the molecule is N#Cc1cc(-c2nc(-c3ccccc3)cs2)c(N)nc1SCC1CCCCO1. The molecular weight excluding hydrogens is 388 g/mol. The van der Waals surface area contributed by atoms with E-state index in [1.54, 1.807) is 17.8 Å². The summed E-state index contributed by atoms with van der Waals surface area (Å²) < 4.78 is 5.77. The number of hydrogen-bond donors (Lipinski definition) is 1. The number of rotatable bonds is 5. The molecule has 1 fully saturated rings. The van der Waals surface area contributed by atoms with Crippen LogP contribution >= 0.6 is 23.1 Å². The van der Waals surface area contributed by atoms with E-state index < -0.39 is 0 Å². The number of hydrogen-bond acceptors (Lipinski definition) is 7. The first kappa shape index (κ1) is 18.9. The normalized spacial score (nSPS) is 16.6. The largest absolute Gasteiger partial charge is 0.383 e. The lowest BCUT2D eigenvalue weighted by atomic mass is 10.1. The number of nitrogens with zero attached hydrogens (tertiary/aromatic N) is 3. The highest BCUT2D eigenvalue weighted by molar-refractivity contribution is 7.99. The molecule has 4 rings (SSSR count). The van der Waals surface area contributed by atoms with Crippen LogP contribution in [0.1, 0.15) is 24.8 Å². The Morgan fingerprint density at radius 3 is 2.86 bits per heavy atom. The van der Waals surface area contributed by atoms with Crippen LogP contribution in [0.4, 0.5) is 5.82 Å². The number of ether oxygens (including phenoxy) is 1. The molecule has 1 aliphatic heterocycles. The Morgan fingerprint density at radius 2 is 2.11 bits per heavy atom. The van der Waals surface area contributed by atoms with Crippen LogP contribution in [0, 0.1) is 11.3 Å². The highest BCUT2D eigenvalue weighted by atomic mass is 32.2. The standard InChI is InChI=1S/C21H20N4OS2/c22-11-15-10-17(21-24-18(13-28-21)14-6-2-1-3-7-14)19(23)25-20(15)27-12-16-8-4-5-9-26-16/h1-3,6-7,10,13,16H,4-5,8-9,12H2,(H2,23,25). The molecule has 3 heterocycles. The fourth-order valence-corrected chi connectivity index (χ4v) is 5.00. The Labute approximate surface area is 172 Å². The van der Waals surface area contributed by atoms with Crippen molar-refractivity contribution in [2.24, 2.45) is 0 Å². The summed E-state index contributed by atoms with van der Waals surface area (Å²) in [5, 5.41) is 13.0. The molecule has 7 heteroatoms.